The third-order valence-electron chi connectivity index (χ3n) is 2.76. The molecule has 0 aliphatic heterocycles. The zero-order chi connectivity index (χ0) is 13.7. The van der Waals surface area contributed by atoms with Gasteiger partial charge in [-0.2, -0.15) is 0 Å². The van der Waals surface area contributed by atoms with Gasteiger partial charge < -0.3 is 14.8 Å². The summed E-state index contributed by atoms with van der Waals surface area (Å²) >= 11 is 0. The van der Waals surface area contributed by atoms with E-state index in [1.165, 1.54) is 0 Å². The Labute approximate surface area is 111 Å². The lowest BCUT2D eigenvalue weighted by Crippen LogP contribution is -2.09. The monoisotopic (exact) mass is 263 g/mol. The fourth-order valence-corrected chi connectivity index (χ4v) is 1.73. The van der Waals surface area contributed by atoms with Crippen LogP contribution in [0.5, 0.6) is 11.5 Å². The minimum absolute atomic E-state index is 0.653. The van der Waals surface area contributed by atoms with E-state index in [0.29, 0.717) is 5.95 Å². The molecule has 0 spiro atoms. The zero-order valence-electron chi connectivity index (χ0n) is 11.3. The summed E-state index contributed by atoms with van der Waals surface area (Å²) in [5.74, 6) is 2.12. The molecule has 0 unspecified atom stereocenters. The van der Waals surface area contributed by atoms with Crippen LogP contribution < -0.4 is 14.8 Å². The van der Waals surface area contributed by atoms with Gasteiger partial charge in [0.25, 0.3) is 0 Å². The molecule has 0 atom stereocenters. The summed E-state index contributed by atoms with van der Waals surface area (Å²) < 4.78 is 12.1. The normalized spacial score (nSPS) is 10.3. The topological polar surface area (TPSA) is 74.1 Å². The third kappa shape index (κ3) is 3.12. The Morgan fingerprint density at radius 1 is 1.21 bits per heavy atom. The van der Waals surface area contributed by atoms with Gasteiger partial charge in [-0.1, -0.05) is 11.2 Å². The second-order valence-electron chi connectivity index (χ2n) is 3.99. The molecule has 1 aromatic heterocycles. The van der Waals surface area contributed by atoms with Gasteiger partial charge in [0.2, 0.25) is 5.95 Å². The first kappa shape index (κ1) is 13.1. The quantitative estimate of drug-likeness (QED) is 0.834. The lowest BCUT2D eigenvalue weighted by Gasteiger charge is -2.10. The molecule has 1 heterocycles. The van der Waals surface area contributed by atoms with Gasteiger partial charge >= 0.3 is 0 Å². The fourth-order valence-electron chi connectivity index (χ4n) is 1.73. The molecule has 0 amide bonds. The first-order chi connectivity index (χ1) is 9.24. The number of anilines is 1. The van der Waals surface area contributed by atoms with E-state index in [9.17, 15) is 0 Å². The van der Waals surface area contributed by atoms with E-state index in [4.69, 9.17) is 9.47 Å². The summed E-state index contributed by atoms with van der Waals surface area (Å²) in [6.45, 7) is 0.740. The van der Waals surface area contributed by atoms with Crippen LogP contribution in [-0.4, -0.2) is 41.0 Å². The molecule has 0 fully saturated rings. The SMILES string of the molecule is COc1ccc(CCNc2nnnn2C)cc1OC. The van der Waals surface area contributed by atoms with Crippen LogP contribution in [0, 0.1) is 0 Å². The fraction of sp³-hybridized carbons (Fsp3) is 0.417. The van der Waals surface area contributed by atoms with Crippen LogP contribution in [0.3, 0.4) is 0 Å². The first-order valence-electron chi connectivity index (χ1n) is 5.91. The smallest absolute Gasteiger partial charge is 0.242 e. The maximum Gasteiger partial charge on any atom is 0.242 e. The van der Waals surface area contributed by atoms with Crippen LogP contribution >= 0.6 is 0 Å². The summed E-state index contributed by atoms with van der Waals surface area (Å²) in [4.78, 5) is 0. The van der Waals surface area contributed by atoms with Crippen LogP contribution in [0.2, 0.25) is 0 Å². The number of nitrogens with one attached hydrogen (secondary N) is 1. The maximum absolute atomic E-state index is 5.27. The summed E-state index contributed by atoms with van der Waals surface area (Å²) in [6, 6.07) is 5.88. The van der Waals surface area contributed by atoms with Gasteiger partial charge in [-0.15, -0.1) is 0 Å². The van der Waals surface area contributed by atoms with Gasteiger partial charge in [-0.3, -0.25) is 0 Å². The lowest BCUT2D eigenvalue weighted by molar-refractivity contribution is 0.354. The Morgan fingerprint density at radius 2 is 2.00 bits per heavy atom. The van der Waals surface area contributed by atoms with Gasteiger partial charge in [0, 0.05) is 13.6 Å². The molecule has 2 aromatic rings. The van der Waals surface area contributed by atoms with E-state index in [0.717, 1.165) is 30.0 Å². The summed E-state index contributed by atoms with van der Waals surface area (Å²) in [7, 11) is 5.05. The highest BCUT2D eigenvalue weighted by Gasteiger charge is 2.05. The minimum Gasteiger partial charge on any atom is -0.493 e. The van der Waals surface area contributed by atoms with Crippen molar-refractivity contribution in [3.8, 4) is 11.5 Å². The van der Waals surface area contributed by atoms with Crippen molar-refractivity contribution in [2.75, 3.05) is 26.1 Å². The molecule has 0 aliphatic carbocycles. The Hall–Kier alpha value is -2.31. The minimum atomic E-state index is 0.653. The Balaban J connectivity index is 1.94. The number of ether oxygens (including phenoxy) is 2. The molecule has 7 nitrogen and oxygen atoms in total. The molecule has 0 saturated heterocycles. The van der Waals surface area contributed by atoms with Gasteiger partial charge in [0.05, 0.1) is 14.2 Å². The van der Waals surface area contributed by atoms with Crippen LogP contribution in [0.4, 0.5) is 5.95 Å². The number of aryl methyl sites for hydroxylation is 1. The summed E-state index contributed by atoms with van der Waals surface area (Å²) in [5.41, 5.74) is 1.15. The zero-order valence-corrected chi connectivity index (χ0v) is 11.3. The van der Waals surface area contributed by atoms with Crippen molar-refractivity contribution >= 4 is 5.95 Å². The molecule has 19 heavy (non-hydrogen) atoms. The predicted molar refractivity (Wildman–Crippen MR) is 70.5 cm³/mol. The molecule has 0 saturated carbocycles. The molecule has 0 radical (unpaired) electrons. The highest BCUT2D eigenvalue weighted by atomic mass is 16.5. The average molecular weight is 263 g/mol. The van der Waals surface area contributed by atoms with Gasteiger partial charge in [-0.05, 0) is 34.5 Å². The Morgan fingerprint density at radius 3 is 2.63 bits per heavy atom. The number of hydrogen-bond donors (Lipinski definition) is 1. The largest absolute Gasteiger partial charge is 0.493 e. The summed E-state index contributed by atoms with van der Waals surface area (Å²) in [6.07, 6.45) is 0.840. The van der Waals surface area contributed by atoms with Crippen LogP contribution in [-0.2, 0) is 13.5 Å². The Kier molecular flexibility index (Phi) is 4.17. The van der Waals surface area contributed by atoms with Gasteiger partial charge in [-0.25, -0.2) is 4.68 Å². The molecular formula is C12H17N5O2. The number of aromatic nitrogens is 4. The predicted octanol–water partition coefficient (Wildman–Crippen LogP) is 0.882. The number of benzene rings is 1. The second-order valence-corrected chi connectivity index (χ2v) is 3.99. The van der Waals surface area contributed by atoms with E-state index in [1.807, 2.05) is 18.2 Å². The average Bonchev–Trinajstić information content (AvgIpc) is 2.84. The third-order valence-corrected chi connectivity index (χ3v) is 2.76. The van der Waals surface area contributed by atoms with Crippen LogP contribution in [0.25, 0.3) is 0 Å². The number of rotatable bonds is 6. The van der Waals surface area contributed by atoms with Crippen molar-refractivity contribution in [1.29, 1.82) is 0 Å². The molecule has 0 bridgehead atoms. The maximum atomic E-state index is 5.27. The van der Waals surface area contributed by atoms with Crippen molar-refractivity contribution in [2.45, 2.75) is 6.42 Å². The molecular weight excluding hydrogens is 246 g/mol. The van der Waals surface area contributed by atoms with Crippen molar-refractivity contribution in [2.24, 2.45) is 7.05 Å². The highest BCUT2D eigenvalue weighted by Crippen LogP contribution is 2.27. The summed E-state index contributed by atoms with van der Waals surface area (Å²) in [5, 5.41) is 14.3. The van der Waals surface area contributed by atoms with Gasteiger partial charge in [0.15, 0.2) is 11.5 Å². The number of tetrazole rings is 1. The van der Waals surface area contributed by atoms with Crippen molar-refractivity contribution in [3.63, 3.8) is 0 Å². The molecule has 2 rings (SSSR count). The van der Waals surface area contributed by atoms with E-state index in [1.54, 1.807) is 25.9 Å². The molecule has 1 aromatic carbocycles. The van der Waals surface area contributed by atoms with E-state index in [-0.39, 0.29) is 0 Å². The van der Waals surface area contributed by atoms with Crippen molar-refractivity contribution in [3.05, 3.63) is 23.8 Å². The van der Waals surface area contributed by atoms with Crippen LogP contribution in [0.1, 0.15) is 5.56 Å². The molecule has 102 valence electrons. The van der Waals surface area contributed by atoms with E-state index >= 15 is 0 Å². The first-order valence-corrected chi connectivity index (χ1v) is 5.91. The Bertz CT molecular complexity index is 541. The lowest BCUT2D eigenvalue weighted by atomic mass is 10.1. The second kappa shape index (κ2) is 6.03. The van der Waals surface area contributed by atoms with Gasteiger partial charge in [0.1, 0.15) is 0 Å². The van der Waals surface area contributed by atoms with Crippen molar-refractivity contribution < 1.29 is 9.47 Å². The number of hydrogen-bond acceptors (Lipinski definition) is 6. The van der Waals surface area contributed by atoms with Crippen LogP contribution in [0.15, 0.2) is 18.2 Å². The molecule has 1 N–H and O–H groups in total. The van der Waals surface area contributed by atoms with E-state index < -0.39 is 0 Å². The number of nitrogens with zero attached hydrogens (tertiary/aromatic N) is 4. The highest BCUT2D eigenvalue weighted by molar-refractivity contribution is 5.43. The van der Waals surface area contributed by atoms with Crippen molar-refractivity contribution in [1.82, 2.24) is 20.2 Å². The standard InChI is InChI=1S/C12H17N5O2/c1-17-12(14-15-16-17)13-7-6-9-4-5-10(18-2)11(8-9)19-3/h4-5,8H,6-7H2,1-3H3,(H,13,14,16). The molecule has 7 heteroatoms. The molecule has 0 aliphatic rings. The van der Waals surface area contributed by atoms with E-state index in [2.05, 4.69) is 20.8 Å². The number of methoxy groups -OCH3 is 2.